The van der Waals surface area contributed by atoms with Crippen LogP contribution in [0, 0.1) is 0 Å². The zero-order valence-corrected chi connectivity index (χ0v) is 9.72. The molecule has 0 aromatic carbocycles. The molecule has 0 aromatic rings. The predicted molar refractivity (Wildman–Crippen MR) is 57.0 cm³/mol. The number of amides is 1. The largest absolute Gasteiger partial charge is 0.392 e. The van der Waals surface area contributed by atoms with Crippen molar-refractivity contribution in [3.63, 3.8) is 0 Å². The highest BCUT2D eigenvalue weighted by Gasteiger charge is 2.23. The van der Waals surface area contributed by atoms with E-state index in [0.29, 0.717) is 0 Å². The predicted octanol–water partition coefficient (Wildman–Crippen LogP) is 0.260. The van der Waals surface area contributed by atoms with Gasteiger partial charge in [0.15, 0.2) is 0 Å². The molecule has 3 N–H and O–H groups in total. The van der Waals surface area contributed by atoms with Gasteiger partial charge in [-0.2, -0.15) is 0 Å². The summed E-state index contributed by atoms with van der Waals surface area (Å²) in [5.41, 5.74) is -0.436. The third-order valence-corrected chi connectivity index (χ3v) is 2.20. The topological polar surface area (TPSA) is 61.4 Å². The average Bonchev–Trinajstić information content (AvgIpc) is 1.99. The number of aliphatic hydroxyl groups is 1. The Hall–Kier alpha value is -0.610. The summed E-state index contributed by atoms with van der Waals surface area (Å²) in [7, 11) is 0. The van der Waals surface area contributed by atoms with Crippen molar-refractivity contribution >= 4 is 5.91 Å². The second-order valence-corrected chi connectivity index (χ2v) is 4.47. The van der Waals surface area contributed by atoms with Crippen LogP contribution in [0.4, 0.5) is 0 Å². The van der Waals surface area contributed by atoms with Crippen LogP contribution < -0.4 is 10.6 Å². The number of carbonyl (C=O) groups is 1. The van der Waals surface area contributed by atoms with Crippen molar-refractivity contribution in [2.24, 2.45) is 0 Å². The van der Waals surface area contributed by atoms with Gasteiger partial charge in [-0.15, -0.1) is 0 Å². The first-order chi connectivity index (χ1) is 6.25. The molecule has 0 aliphatic heterocycles. The molecule has 0 aromatic heterocycles. The van der Waals surface area contributed by atoms with Crippen LogP contribution in [0.15, 0.2) is 0 Å². The number of aliphatic hydroxyl groups excluding tert-OH is 1. The minimum atomic E-state index is -0.491. The van der Waals surface area contributed by atoms with Crippen LogP contribution in [0.1, 0.15) is 34.6 Å². The van der Waals surface area contributed by atoms with Crippen LogP contribution >= 0.6 is 0 Å². The number of hydrogen-bond donors (Lipinski definition) is 3. The first-order valence-corrected chi connectivity index (χ1v) is 4.98. The molecule has 0 saturated heterocycles. The quantitative estimate of drug-likeness (QED) is 0.599. The van der Waals surface area contributed by atoms with E-state index in [2.05, 4.69) is 10.6 Å². The number of nitrogens with one attached hydrogen (secondary N) is 2. The summed E-state index contributed by atoms with van der Waals surface area (Å²) >= 11 is 0. The molecule has 4 nitrogen and oxygen atoms in total. The Morgan fingerprint density at radius 3 is 2.21 bits per heavy atom. The highest BCUT2D eigenvalue weighted by Crippen LogP contribution is 2.07. The van der Waals surface area contributed by atoms with Crippen molar-refractivity contribution in [3.8, 4) is 0 Å². The maximum atomic E-state index is 11.3. The maximum absolute atomic E-state index is 11.3. The molecule has 0 fully saturated rings. The van der Waals surface area contributed by atoms with E-state index in [9.17, 15) is 9.90 Å². The van der Waals surface area contributed by atoms with Gasteiger partial charge in [0.1, 0.15) is 0 Å². The summed E-state index contributed by atoms with van der Waals surface area (Å²) in [4.78, 5) is 11.3. The van der Waals surface area contributed by atoms with Gasteiger partial charge in [0.2, 0.25) is 5.91 Å². The molecular formula is C10H22N2O2. The Balaban J connectivity index is 3.88. The molecule has 1 amide bonds. The molecule has 14 heavy (non-hydrogen) atoms. The SMILES string of the molecule is CC(C)NC(=O)CNC(C)(C)C(C)O. The minimum Gasteiger partial charge on any atom is -0.392 e. The lowest BCUT2D eigenvalue weighted by Crippen LogP contribution is -2.52. The van der Waals surface area contributed by atoms with Crippen molar-refractivity contribution in [2.75, 3.05) is 6.54 Å². The summed E-state index contributed by atoms with van der Waals surface area (Å²) in [5.74, 6) is -0.0475. The fourth-order valence-corrected chi connectivity index (χ4v) is 0.829. The second kappa shape index (κ2) is 5.32. The Morgan fingerprint density at radius 1 is 1.36 bits per heavy atom. The van der Waals surface area contributed by atoms with E-state index >= 15 is 0 Å². The molecule has 1 unspecified atom stereocenters. The first kappa shape index (κ1) is 13.4. The molecule has 0 heterocycles. The third kappa shape index (κ3) is 5.19. The van der Waals surface area contributed by atoms with Crippen LogP contribution in [-0.2, 0) is 4.79 Å². The third-order valence-electron chi connectivity index (χ3n) is 2.20. The molecular weight excluding hydrogens is 180 g/mol. The van der Waals surface area contributed by atoms with Crippen molar-refractivity contribution in [1.29, 1.82) is 0 Å². The summed E-state index contributed by atoms with van der Waals surface area (Å²) in [6.45, 7) is 9.49. The van der Waals surface area contributed by atoms with Crippen molar-refractivity contribution < 1.29 is 9.90 Å². The van der Waals surface area contributed by atoms with E-state index in [1.807, 2.05) is 27.7 Å². The highest BCUT2D eigenvalue weighted by molar-refractivity contribution is 5.78. The molecule has 0 radical (unpaired) electrons. The molecule has 0 saturated carbocycles. The van der Waals surface area contributed by atoms with Crippen LogP contribution in [0.3, 0.4) is 0 Å². The fraction of sp³-hybridized carbons (Fsp3) is 0.900. The fourth-order valence-electron chi connectivity index (χ4n) is 0.829. The lowest BCUT2D eigenvalue weighted by molar-refractivity contribution is -0.121. The van der Waals surface area contributed by atoms with E-state index in [4.69, 9.17) is 0 Å². The van der Waals surface area contributed by atoms with Gasteiger partial charge in [-0.25, -0.2) is 0 Å². The summed E-state index contributed by atoms with van der Waals surface area (Å²) in [6, 6.07) is 0.152. The summed E-state index contributed by atoms with van der Waals surface area (Å²) in [5, 5.41) is 15.2. The van der Waals surface area contributed by atoms with E-state index in [0.717, 1.165) is 0 Å². The number of carbonyl (C=O) groups excluding carboxylic acids is 1. The monoisotopic (exact) mass is 202 g/mol. The normalized spacial score (nSPS) is 14.2. The summed E-state index contributed by atoms with van der Waals surface area (Å²) < 4.78 is 0. The molecule has 0 spiro atoms. The Bertz CT molecular complexity index is 189. The van der Waals surface area contributed by atoms with Gasteiger partial charge in [-0.05, 0) is 34.6 Å². The zero-order chi connectivity index (χ0) is 11.4. The van der Waals surface area contributed by atoms with E-state index < -0.39 is 11.6 Å². The minimum absolute atomic E-state index is 0.0475. The molecule has 0 rings (SSSR count). The van der Waals surface area contributed by atoms with Crippen molar-refractivity contribution in [3.05, 3.63) is 0 Å². The molecule has 84 valence electrons. The van der Waals surface area contributed by atoms with Gasteiger partial charge in [0.05, 0.1) is 12.6 Å². The van der Waals surface area contributed by atoms with Crippen LogP contribution in [0.5, 0.6) is 0 Å². The van der Waals surface area contributed by atoms with Gasteiger partial charge in [-0.3, -0.25) is 4.79 Å². The van der Waals surface area contributed by atoms with Gasteiger partial charge < -0.3 is 15.7 Å². The van der Waals surface area contributed by atoms with Crippen molar-refractivity contribution in [2.45, 2.75) is 52.3 Å². The maximum Gasteiger partial charge on any atom is 0.234 e. The van der Waals surface area contributed by atoms with Crippen LogP contribution in [-0.4, -0.2) is 35.2 Å². The lowest BCUT2D eigenvalue weighted by Gasteiger charge is -2.29. The standard InChI is InChI=1S/C10H22N2O2/c1-7(2)12-9(14)6-11-10(4,5)8(3)13/h7-8,11,13H,6H2,1-5H3,(H,12,14). The average molecular weight is 202 g/mol. The summed E-state index contributed by atoms with van der Waals surface area (Å²) in [6.07, 6.45) is -0.491. The van der Waals surface area contributed by atoms with E-state index in [1.165, 1.54) is 0 Å². The van der Waals surface area contributed by atoms with Gasteiger partial charge in [0, 0.05) is 11.6 Å². The zero-order valence-electron chi connectivity index (χ0n) is 9.72. The van der Waals surface area contributed by atoms with E-state index in [1.54, 1.807) is 6.92 Å². The van der Waals surface area contributed by atoms with E-state index in [-0.39, 0.29) is 18.5 Å². The molecule has 0 aliphatic carbocycles. The second-order valence-electron chi connectivity index (χ2n) is 4.47. The lowest BCUT2D eigenvalue weighted by atomic mass is 9.99. The molecule has 0 aliphatic rings. The highest BCUT2D eigenvalue weighted by atomic mass is 16.3. The number of hydrogen-bond acceptors (Lipinski definition) is 3. The molecule has 1 atom stereocenters. The van der Waals surface area contributed by atoms with Crippen LogP contribution in [0.25, 0.3) is 0 Å². The first-order valence-electron chi connectivity index (χ1n) is 4.98. The molecule has 4 heteroatoms. The van der Waals surface area contributed by atoms with Gasteiger partial charge in [-0.1, -0.05) is 0 Å². The van der Waals surface area contributed by atoms with Gasteiger partial charge in [0.25, 0.3) is 0 Å². The Labute approximate surface area is 86.1 Å². The van der Waals surface area contributed by atoms with Crippen molar-refractivity contribution in [1.82, 2.24) is 10.6 Å². The van der Waals surface area contributed by atoms with Crippen LogP contribution in [0.2, 0.25) is 0 Å². The van der Waals surface area contributed by atoms with Gasteiger partial charge >= 0.3 is 0 Å². The Kier molecular flexibility index (Phi) is 5.08. The Morgan fingerprint density at radius 2 is 1.86 bits per heavy atom. The number of rotatable bonds is 5. The smallest absolute Gasteiger partial charge is 0.234 e. The molecule has 0 bridgehead atoms.